The standard InChI is InChI=1S/C13H20BrN3O/c1-5-7-18-13-11(14)8-12(10(3)16-13)15-9-17(4)6-2/h8-9H,5-7H2,1-4H3/b15-9+. The molecule has 1 rings (SSSR count). The minimum absolute atomic E-state index is 0.636. The van der Waals surface area contributed by atoms with E-state index < -0.39 is 0 Å². The summed E-state index contributed by atoms with van der Waals surface area (Å²) in [4.78, 5) is 10.8. The summed E-state index contributed by atoms with van der Waals surface area (Å²) in [5.74, 6) is 0.636. The molecule has 1 heterocycles. The minimum Gasteiger partial charge on any atom is -0.477 e. The van der Waals surface area contributed by atoms with E-state index in [2.05, 4.69) is 39.8 Å². The minimum atomic E-state index is 0.636. The van der Waals surface area contributed by atoms with Crippen molar-refractivity contribution in [2.45, 2.75) is 27.2 Å². The van der Waals surface area contributed by atoms with E-state index in [1.165, 1.54) is 0 Å². The number of rotatable bonds is 6. The largest absolute Gasteiger partial charge is 0.477 e. The molecule has 1 aromatic rings. The van der Waals surface area contributed by atoms with Gasteiger partial charge in [0, 0.05) is 13.6 Å². The Bertz CT molecular complexity index is 421. The topological polar surface area (TPSA) is 37.7 Å². The molecule has 0 fully saturated rings. The molecule has 0 radical (unpaired) electrons. The molecule has 0 N–H and O–H groups in total. The lowest BCUT2D eigenvalue weighted by Gasteiger charge is -2.10. The second-order valence-corrected chi connectivity index (χ2v) is 4.90. The van der Waals surface area contributed by atoms with Gasteiger partial charge < -0.3 is 9.64 Å². The van der Waals surface area contributed by atoms with Gasteiger partial charge in [-0.25, -0.2) is 9.98 Å². The van der Waals surface area contributed by atoms with Crippen molar-refractivity contribution >= 4 is 28.0 Å². The van der Waals surface area contributed by atoms with E-state index >= 15 is 0 Å². The van der Waals surface area contributed by atoms with Crippen LogP contribution in [0.25, 0.3) is 0 Å². The van der Waals surface area contributed by atoms with Crippen molar-refractivity contribution in [3.8, 4) is 5.88 Å². The van der Waals surface area contributed by atoms with E-state index in [9.17, 15) is 0 Å². The Labute approximate surface area is 117 Å². The second-order valence-electron chi connectivity index (χ2n) is 4.05. The molecule has 0 spiro atoms. The van der Waals surface area contributed by atoms with Crippen LogP contribution in [0.2, 0.25) is 0 Å². The molecule has 1 aromatic heterocycles. The molecule has 100 valence electrons. The van der Waals surface area contributed by atoms with Crippen LogP contribution in [0.1, 0.15) is 26.0 Å². The van der Waals surface area contributed by atoms with Gasteiger partial charge in [0.15, 0.2) is 0 Å². The van der Waals surface area contributed by atoms with E-state index in [0.717, 1.165) is 28.8 Å². The average molecular weight is 314 g/mol. The predicted octanol–water partition coefficient (Wildman–Crippen LogP) is 3.55. The van der Waals surface area contributed by atoms with Crippen molar-refractivity contribution in [2.24, 2.45) is 4.99 Å². The first kappa shape index (κ1) is 15.0. The number of aryl methyl sites for hydroxylation is 1. The number of halogens is 1. The number of aliphatic imine (C=N–C) groups is 1. The van der Waals surface area contributed by atoms with Crippen LogP contribution in [-0.2, 0) is 0 Å². The molecule has 0 bridgehead atoms. The number of ether oxygens (including phenoxy) is 1. The third kappa shape index (κ3) is 4.29. The lowest BCUT2D eigenvalue weighted by molar-refractivity contribution is 0.302. The highest BCUT2D eigenvalue weighted by molar-refractivity contribution is 9.10. The molecule has 0 aliphatic heterocycles. The summed E-state index contributed by atoms with van der Waals surface area (Å²) in [5.41, 5.74) is 1.72. The zero-order valence-corrected chi connectivity index (χ0v) is 13.0. The first-order valence-electron chi connectivity index (χ1n) is 6.12. The van der Waals surface area contributed by atoms with Gasteiger partial charge in [0.1, 0.15) is 0 Å². The van der Waals surface area contributed by atoms with Gasteiger partial charge in [0.25, 0.3) is 0 Å². The third-order valence-electron chi connectivity index (χ3n) is 2.44. The Morgan fingerprint density at radius 2 is 2.22 bits per heavy atom. The quantitative estimate of drug-likeness (QED) is 0.595. The summed E-state index contributed by atoms with van der Waals surface area (Å²) in [6, 6.07) is 1.94. The first-order chi connectivity index (χ1) is 8.58. The van der Waals surface area contributed by atoms with E-state index in [4.69, 9.17) is 4.74 Å². The van der Waals surface area contributed by atoms with Crippen LogP contribution in [0.15, 0.2) is 15.5 Å². The number of hydrogen-bond donors (Lipinski definition) is 0. The molecule has 0 saturated heterocycles. The molecule has 0 aliphatic carbocycles. The molecule has 4 nitrogen and oxygen atoms in total. The fourth-order valence-corrected chi connectivity index (χ4v) is 1.64. The van der Waals surface area contributed by atoms with Crippen LogP contribution in [0.3, 0.4) is 0 Å². The number of nitrogens with zero attached hydrogens (tertiary/aromatic N) is 3. The van der Waals surface area contributed by atoms with Crippen molar-refractivity contribution in [1.29, 1.82) is 0 Å². The Morgan fingerprint density at radius 3 is 2.83 bits per heavy atom. The van der Waals surface area contributed by atoms with Gasteiger partial charge in [-0.15, -0.1) is 0 Å². The zero-order chi connectivity index (χ0) is 13.5. The smallest absolute Gasteiger partial charge is 0.228 e. The summed E-state index contributed by atoms with van der Waals surface area (Å²) in [7, 11) is 1.99. The molecule has 0 unspecified atom stereocenters. The normalized spacial score (nSPS) is 10.9. The monoisotopic (exact) mass is 313 g/mol. The van der Waals surface area contributed by atoms with Crippen molar-refractivity contribution in [2.75, 3.05) is 20.2 Å². The van der Waals surface area contributed by atoms with Gasteiger partial charge >= 0.3 is 0 Å². The molecule has 0 aromatic carbocycles. The average Bonchev–Trinajstić information content (AvgIpc) is 2.37. The molecule has 5 heteroatoms. The Hall–Kier alpha value is -1.10. The highest BCUT2D eigenvalue weighted by Gasteiger charge is 2.07. The number of hydrogen-bond acceptors (Lipinski definition) is 3. The van der Waals surface area contributed by atoms with Crippen molar-refractivity contribution in [1.82, 2.24) is 9.88 Å². The molecule has 0 saturated carbocycles. The van der Waals surface area contributed by atoms with E-state index in [-0.39, 0.29) is 0 Å². The van der Waals surface area contributed by atoms with Crippen LogP contribution >= 0.6 is 15.9 Å². The molecule has 0 aliphatic rings. The maximum Gasteiger partial charge on any atom is 0.228 e. The van der Waals surface area contributed by atoms with Gasteiger partial charge in [-0.1, -0.05) is 6.92 Å². The fourth-order valence-electron chi connectivity index (χ4n) is 1.22. The van der Waals surface area contributed by atoms with Gasteiger partial charge in [-0.2, -0.15) is 0 Å². The van der Waals surface area contributed by atoms with Gasteiger partial charge in [-0.05, 0) is 42.3 Å². The lowest BCUT2D eigenvalue weighted by atomic mass is 10.3. The van der Waals surface area contributed by atoms with Crippen molar-refractivity contribution < 1.29 is 4.74 Å². The molecule has 0 atom stereocenters. The van der Waals surface area contributed by atoms with Gasteiger partial charge in [0.2, 0.25) is 5.88 Å². The van der Waals surface area contributed by atoms with E-state index in [1.54, 1.807) is 0 Å². The van der Waals surface area contributed by atoms with Crippen molar-refractivity contribution in [3.05, 3.63) is 16.2 Å². The highest BCUT2D eigenvalue weighted by Crippen LogP contribution is 2.29. The van der Waals surface area contributed by atoms with Gasteiger partial charge in [-0.3, -0.25) is 0 Å². The summed E-state index contributed by atoms with van der Waals surface area (Å²) in [6.45, 7) is 7.68. The maximum absolute atomic E-state index is 5.55. The molecule has 18 heavy (non-hydrogen) atoms. The van der Waals surface area contributed by atoms with Crippen LogP contribution in [0.5, 0.6) is 5.88 Å². The summed E-state index contributed by atoms with van der Waals surface area (Å²) in [6.07, 6.45) is 2.78. The van der Waals surface area contributed by atoms with Crippen LogP contribution in [0.4, 0.5) is 5.69 Å². The fraction of sp³-hybridized carbons (Fsp3) is 0.538. The third-order valence-corrected chi connectivity index (χ3v) is 3.01. The Kier molecular flexibility index (Phi) is 6.12. The second kappa shape index (κ2) is 7.36. The summed E-state index contributed by atoms with van der Waals surface area (Å²) >= 11 is 3.46. The lowest BCUT2D eigenvalue weighted by Crippen LogP contribution is -2.14. The predicted molar refractivity (Wildman–Crippen MR) is 78.9 cm³/mol. The summed E-state index contributed by atoms with van der Waals surface area (Å²) < 4.78 is 6.39. The SMILES string of the molecule is CCCOc1nc(C)c(/N=C/N(C)CC)cc1Br. The maximum atomic E-state index is 5.55. The first-order valence-corrected chi connectivity index (χ1v) is 6.92. The van der Waals surface area contributed by atoms with Crippen molar-refractivity contribution in [3.63, 3.8) is 0 Å². The van der Waals surface area contributed by atoms with E-state index in [0.29, 0.717) is 12.5 Å². The Balaban J connectivity index is 2.89. The molecular weight excluding hydrogens is 294 g/mol. The van der Waals surface area contributed by atoms with Crippen LogP contribution < -0.4 is 4.74 Å². The Morgan fingerprint density at radius 1 is 1.50 bits per heavy atom. The molecule has 0 amide bonds. The number of pyridine rings is 1. The molecular formula is C13H20BrN3O. The van der Waals surface area contributed by atoms with Crippen LogP contribution in [0, 0.1) is 6.92 Å². The zero-order valence-electron chi connectivity index (χ0n) is 11.4. The number of aromatic nitrogens is 1. The van der Waals surface area contributed by atoms with Gasteiger partial charge in [0.05, 0.1) is 28.8 Å². The summed E-state index contributed by atoms with van der Waals surface area (Å²) in [5, 5.41) is 0. The highest BCUT2D eigenvalue weighted by atomic mass is 79.9. The van der Waals surface area contributed by atoms with E-state index in [1.807, 2.05) is 31.3 Å². The van der Waals surface area contributed by atoms with Crippen LogP contribution in [-0.4, -0.2) is 36.4 Å².